The van der Waals surface area contributed by atoms with Crippen LogP contribution in [-0.2, 0) is 14.3 Å². The monoisotopic (exact) mass is 515 g/mol. The average Bonchev–Trinajstić information content (AvgIpc) is 2.96. The number of esters is 2. The third-order valence-electron chi connectivity index (χ3n) is 6.88. The Morgan fingerprint density at radius 1 is 0.868 bits per heavy atom. The van der Waals surface area contributed by atoms with E-state index < -0.39 is 23.8 Å². The molecule has 1 aliphatic heterocycles. The smallest absolute Gasteiger partial charge is 0.339 e. The van der Waals surface area contributed by atoms with E-state index in [1.54, 1.807) is 42.6 Å². The van der Waals surface area contributed by atoms with Gasteiger partial charge in [0.05, 0.1) is 17.0 Å². The normalized spacial score (nSPS) is 14.8. The van der Waals surface area contributed by atoms with E-state index >= 15 is 0 Å². The summed E-state index contributed by atoms with van der Waals surface area (Å²) in [4.78, 5) is 43.3. The van der Waals surface area contributed by atoms with Crippen LogP contribution in [0.25, 0.3) is 0 Å². The number of carbonyl (C=O) groups excluding carboxylic acids is 3. The van der Waals surface area contributed by atoms with Crippen molar-refractivity contribution in [3.63, 3.8) is 0 Å². The van der Waals surface area contributed by atoms with Gasteiger partial charge in [0, 0.05) is 31.2 Å². The molecule has 0 saturated carbocycles. The summed E-state index contributed by atoms with van der Waals surface area (Å²) in [6, 6.07) is 18.2. The number of anilines is 1. The molecule has 1 saturated heterocycles. The SMILES string of the molecule is CC(c1ccccc1N1CCCCC1)C(C(N)=O)c1ccc(C(=O)OCCOC(=O)c2cccnc2)cc1. The molecule has 1 aromatic heterocycles. The number of hydrogen-bond donors (Lipinski definition) is 1. The summed E-state index contributed by atoms with van der Waals surface area (Å²) in [6.07, 6.45) is 6.52. The predicted molar refractivity (Wildman–Crippen MR) is 144 cm³/mol. The van der Waals surface area contributed by atoms with Gasteiger partial charge in [-0.1, -0.05) is 37.3 Å². The molecule has 0 aliphatic carbocycles. The van der Waals surface area contributed by atoms with Crippen LogP contribution in [0, 0.1) is 0 Å². The number of primary amides is 1. The number of nitrogens with two attached hydrogens (primary N) is 1. The summed E-state index contributed by atoms with van der Waals surface area (Å²) in [5, 5.41) is 0. The molecule has 198 valence electrons. The lowest BCUT2D eigenvalue weighted by molar-refractivity contribution is -0.119. The summed E-state index contributed by atoms with van der Waals surface area (Å²) >= 11 is 0. The fourth-order valence-electron chi connectivity index (χ4n) is 4.92. The van der Waals surface area contributed by atoms with Crippen molar-refractivity contribution in [1.29, 1.82) is 0 Å². The second-order valence-electron chi connectivity index (χ2n) is 9.41. The van der Waals surface area contributed by atoms with Gasteiger partial charge in [0.1, 0.15) is 13.2 Å². The molecular formula is C30H33N3O5. The van der Waals surface area contributed by atoms with Crippen LogP contribution in [0.2, 0.25) is 0 Å². The van der Waals surface area contributed by atoms with Crippen LogP contribution in [-0.4, -0.2) is 49.1 Å². The molecule has 2 unspecified atom stereocenters. The van der Waals surface area contributed by atoms with E-state index in [0.29, 0.717) is 11.1 Å². The maximum absolute atomic E-state index is 12.6. The Balaban J connectivity index is 1.39. The Bertz CT molecular complexity index is 1240. The topological polar surface area (TPSA) is 112 Å². The van der Waals surface area contributed by atoms with E-state index in [0.717, 1.165) is 42.7 Å². The zero-order valence-electron chi connectivity index (χ0n) is 21.5. The summed E-state index contributed by atoms with van der Waals surface area (Å²) in [5.41, 5.74) is 9.52. The van der Waals surface area contributed by atoms with Crippen molar-refractivity contribution in [1.82, 2.24) is 4.98 Å². The highest BCUT2D eigenvalue weighted by Gasteiger charge is 2.29. The summed E-state index contributed by atoms with van der Waals surface area (Å²) in [5.74, 6) is -2.22. The number of benzene rings is 2. The van der Waals surface area contributed by atoms with E-state index in [2.05, 4.69) is 22.0 Å². The quantitative estimate of drug-likeness (QED) is 0.313. The van der Waals surface area contributed by atoms with Gasteiger partial charge in [-0.3, -0.25) is 9.78 Å². The predicted octanol–water partition coefficient (Wildman–Crippen LogP) is 4.46. The fraction of sp³-hybridized carbons (Fsp3) is 0.333. The molecule has 4 rings (SSSR count). The lowest BCUT2D eigenvalue weighted by atomic mass is 9.81. The Morgan fingerprint density at radius 3 is 2.16 bits per heavy atom. The molecule has 1 aliphatic rings. The Hall–Kier alpha value is -4.20. The highest BCUT2D eigenvalue weighted by atomic mass is 16.6. The molecule has 8 heteroatoms. The Labute approximate surface area is 222 Å². The molecule has 2 atom stereocenters. The minimum absolute atomic E-state index is 0.0742. The van der Waals surface area contributed by atoms with Crippen molar-refractivity contribution >= 4 is 23.5 Å². The molecule has 0 bridgehead atoms. The second kappa shape index (κ2) is 12.9. The first-order valence-electron chi connectivity index (χ1n) is 12.9. The molecule has 1 amide bonds. The Kier molecular flexibility index (Phi) is 9.08. The number of nitrogens with zero attached hydrogens (tertiary/aromatic N) is 2. The third-order valence-corrected chi connectivity index (χ3v) is 6.88. The number of ether oxygens (including phenoxy) is 2. The van der Waals surface area contributed by atoms with Crippen LogP contribution < -0.4 is 10.6 Å². The molecule has 2 aromatic carbocycles. The van der Waals surface area contributed by atoms with Gasteiger partial charge in [-0.05, 0) is 66.6 Å². The summed E-state index contributed by atoms with van der Waals surface area (Å²) in [6.45, 7) is 3.87. The number of piperidine rings is 1. The summed E-state index contributed by atoms with van der Waals surface area (Å²) < 4.78 is 10.3. The van der Waals surface area contributed by atoms with Crippen molar-refractivity contribution in [2.45, 2.75) is 38.0 Å². The molecule has 2 heterocycles. The maximum Gasteiger partial charge on any atom is 0.339 e. The van der Waals surface area contributed by atoms with Crippen molar-refractivity contribution < 1.29 is 23.9 Å². The minimum atomic E-state index is -0.558. The largest absolute Gasteiger partial charge is 0.458 e. The third kappa shape index (κ3) is 6.56. The maximum atomic E-state index is 12.6. The van der Waals surface area contributed by atoms with E-state index in [1.807, 2.05) is 19.1 Å². The Morgan fingerprint density at radius 2 is 1.53 bits per heavy atom. The van der Waals surface area contributed by atoms with Gasteiger partial charge in [0.2, 0.25) is 5.91 Å². The first kappa shape index (κ1) is 26.9. The number of aromatic nitrogens is 1. The average molecular weight is 516 g/mol. The molecular weight excluding hydrogens is 482 g/mol. The van der Waals surface area contributed by atoms with Crippen LogP contribution in [0.4, 0.5) is 5.69 Å². The highest BCUT2D eigenvalue weighted by Crippen LogP contribution is 2.38. The van der Waals surface area contributed by atoms with Crippen LogP contribution >= 0.6 is 0 Å². The zero-order valence-corrected chi connectivity index (χ0v) is 21.5. The molecule has 2 N–H and O–H groups in total. The van der Waals surface area contributed by atoms with Gasteiger partial charge in [-0.25, -0.2) is 9.59 Å². The summed E-state index contributed by atoms with van der Waals surface area (Å²) in [7, 11) is 0. The van der Waals surface area contributed by atoms with Crippen molar-refractivity contribution in [2.24, 2.45) is 5.73 Å². The lowest BCUT2D eigenvalue weighted by Crippen LogP contribution is -2.32. The molecule has 0 radical (unpaired) electrons. The number of pyridine rings is 1. The zero-order chi connectivity index (χ0) is 26.9. The van der Waals surface area contributed by atoms with E-state index in [9.17, 15) is 14.4 Å². The van der Waals surface area contributed by atoms with E-state index in [4.69, 9.17) is 15.2 Å². The number of rotatable bonds is 10. The standard InChI is InChI=1S/C30H33N3O5/c1-21(25-9-3-4-10-26(25)33-16-5-2-6-17-33)27(28(31)34)22-11-13-23(14-12-22)29(35)37-18-19-38-30(36)24-8-7-15-32-20-24/h3-4,7-15,20-21,27H,2,5-6,16-19H2,1H3,(H2,31,34). The van der Waals surface area contributed by atoms with E-state index in [1.165, 1.54) is 12.6 Å². The second-order valence-corrected chi connectivity index (χ2v) is 9.41. The van der Waals surface area contributed by atoms with E-state index in [-0.39, 0.29) is 19.1 Å². The van der Waals surface area contributed by atoms with Crippen molar-refractivity contribution in [3.8, 4) is 0 Å². The van der Waals surface area contributed by atoms with Crippen LogP contribution in [0.5, 0.6) is 0 Å². The van der Waals surface area contributed by atoms with Crippen LogP contribution in [0.15, 0.2) is 73.1 Å². The number of carbonyl (C=O) groups is 3. The minimum Gasteiger partial charge on any atom is -0.458 e. The highest BCUT2D eigenvalue weighted by molar-refractivity contribution is 5.90. The van der Waals surface area contributed by atoms with Gasteiger partial charge in [-0.15, -0.1) is 0 Å². The first-order chi connectivity index (χ1) is 18.5. The van der Waals surface area contributed by atoms with Gasteiger partial charge in [0.25, 0.3) is 0 Å². The molecule has 8 nitrogen and oxygen atoms in total. The van der Waals surface area contributed by atoms with Gasteiger partial charge >= 0.3 is 11.9 Å². The lowest BCUT2D eigenvalue weighted by Gasteiger charge is -2.33. The molecule has 3 aromatic rings. The van der Waals surface area contributed by atoms with Crippen molar-refractivity contribution in [2.75, 3.05) is 31.2 Å². The molecule has 38 heavy (non-hydrogen) atoms. The fourth-order valence-corrected chi connectivity index (χ4v) is 4.92. The van der Waals surface area contributed by atoms with Crippen LogP contribution in [0.3, 0.4) is 0 Å². The van der Waals surface area contributed by atoms with Crippen molar-refractivity contribution in [3.05, 3.63) is 95.3 Å². The van der Waals surface area contributed by atoms with Gasteiger partial charge in [0.15, 0.2) is 0 Å². The molecule has 0 spiro atoms. The molecule has 1 fully saturated rings. The van der Waals surface area contributed by atoms with Gasteiger partial charge in [-0.2, -0.15) is 0 Å². The number of hydrogen-bond acceptors (Lipinski definition) is 7. The number of para-hydroxylation sites is 1. The first-order valence-corrected chi connectivity index (χ1v) is 12.9. The number of amides is 1. The van der Waals surface area contributed by atoms with Gasteiger partial charge < -0.3 is 20.1 Å². The van der Waals surface area contributed by atoms with Crippen LogP contribution in [0.1, 0.15) is 69.9 Å².